The Kier molecular flexibility index (Phi) is 6.65. The fourth-order valence-corrected chi connectivity index (χ4v) is 1.99. The lowest BCUT2D eigenvalue weighted by atomic mass is 9.81. The third kappa shape index (κ3) is 5.67. The van der Waals surface area contributed by atoms with Gasteiger partial charge in [-0.15, -0.1) is 0 Å². The van der Waals surface area contributed by atoms with Crippen molar-refractivity contribution in [2.75, 3.05) is 0 Å². The maximum atomic E-state index is 10.4. The van der Waals surface area contributed by atoms with Crippen LogP contribution in [0.5, 0.6) is 0 Å². The summed E-state index contributed by atoms with van der Waals surface area (Å²) in [6, 6.07) is 0. The van der Waals surface area contributed by atoms with Crippen LogP contribution in [0.2, 0.25) is 0 Å². The van der Waals surface area contributed by atoms with Gasteiger partial charge in [0.05, 0.1) is 0 Å². The summed E-state index contributed by atoms with van der Waals surface area (Å²) in [6.45, 7) is 6.22. The highest BCUT2D eigenvalue weighted by atomic mass is 16.4. The zero-order valence-corrected chi connectivity index (χ0v) is 9.05. The lowest BCUT2D eigenvalue weighted by Crippen LogP contribution is -2.16. The second-order valence-corrected chi connectivity index (χ2v) is 3.74. The summed E-state index contributed by atoms with van der Waals surface area (Å²) in [5.41, 5.74) is 0. The Bertz CT molecular complexity index is 143. The molecule has 0 aromatic carbocycles. The Labute approximate surface area is 81.3 Å². The van der Waals surface area contributed by atoms with E-state index in [1.54, 1.807) is 0 Å². The summed E-state index contributed by atoms with van der Waals surface area (Å²) in [5.74, 6) is 0.563. The summed E-state index contributed by atoms with van der Waals surface area (Å²) >= 11 is 0. The van der Waals surface area contributed by atoms with Gasteiger partial charge in [-0.2, -0.15) is 0 Å². The van der Waals surface area contributed by atoms with E-state index in [2.05, 4.69) is 6.92 Å². The summed E-state index contributed by atoms with van der Waals surface area (Å²) in [6.07, 6.45) is 5.13. The number of hydrogen-bond acceptors (Lipinski definition) is 1. The molecule has 0 radical (unpaired) electrons. The fraction of sp³-hybridized carbons (Fsp3) is 0.909. The van der Waals surface area contributed by atoms with E-state index in [4.69, 9.17) is 5.11 Å². The Morgan fingerprint density at radius 1 is 1.38 bits per heavy atom. The molecule has 1 aliphatic rings. The van der Waals surface area contributed by atoms with Crippen molar-refractivity contribution >= 4 is 5.97 Å². The van der Waals surface area contributed by atoms with Gasteiger partial charge in [-0.3, -0.25) is 4.79 Å². The molecule has 1 N–H and O–H groups in total. The van der Waals surface area contributed by atoms with Gasteiger partial charge in [0, 0.05) is 6.42 Å². The monoisotopic (exact) mass is 186 g/mol. The van der Waals surface area contributed by atoms with Crippen molar-refractivity contribution in [2.45, 2.75) is 52.9 Å². The molecule has 2 heteroatoms. The Balaban J connectivity index is 0.000000671. The minimum absolute atomic E-state index is 0.379. The van der Waals surface area contributed by atoms with Crippen molar-refractivity contribution in [1.82, 2.24) is 0 Å². The summed E-state index contributed by atoms with van der Waals surface area (Å²) in [5, 5.41) is 8.55. The van der Waals surface area contributed by atoms with Crippen molar-refractivity contribution in [3.05, 3.63) is 0 Å². The molecule has 1 saturated carbocycles. The van der Waals surface area contributed by atoms with Crippen LogP contribution in [0.3, 0.4) is 0 Å². The molecule has 0 heterocycles. The van der Waals surface area contributed by atoms with Gasteiger partial charge in [0.15, 0.2) is 0 Å². The largest absolute Gasteiger partial charge is 0.481 e. The molecule has 2 nitrogen and oxygen atoms in total. The van der Waals surface area contributed by atoms with Crippen molar-refractivity contribution in [3.8, 4) is 0 Å². The number of aliphatic carboxylic acids is 1. The molecule has 2 atom stereocenters. The number of hydrogen-bond donors (Lipinski definition) is 1. The second-order valence-electron chi connectivity index (χ2n) is 3.74. The van der Waals surface area contributed by atoms with Gasteiger partial charge in [0.1, 0.15) is 0 Å². The number of carboxylic acids is 1. The maximum Gasteiger partial charge on any atom is 0.303 e. The first kappa shape index (κ1) is 12.5. The molecule has 1 fully saturated rings. The molecule has 1 unspecified atom stereocenters. The van der Waals surface area contributed by atoms with Crippen LogP contribution in [0.4, 0.5) is 0 Å². The molecule has 0 aromatic rings. The molecule has 0 aromatic heterocycles. The van der Waals surface area contributed by atoms with E-state index in [0.717, 1.165) is 18.8 Å². The van der Waals surface area contributed by atoms with Gasteiger partial charge in [-0.05, 0) is 24.7 Å². The van der Waals surface area contributed by atoms with Crippen molar-refractivity contribution < 1.29 is 9.90 Å². The van der Waals surface area contributed by atoms with Gasteiger partial charge in [0.25, 0.3) is 0 Å². The van der Waals surface area contributed by atoms with Crippen molar-refractivity contribution in [3.63, 3.8) is 0 Å². The molecule has 78 valence electrons. The maximum absolute atomic E-state index is 10.4. The zero-order chi connectivity index (χ0) is 10.3. The van der Waals surface area contributed by atoms with E-state index in [1.165, 1.54) is 12.8 Å². The SMILES string of the molecule is CC.CC1CCC[C@@H](CC(=O)O)C1. The second kappa shape index (κ2) is 6.93. The van der Waals surface area contributed by atoms with Crippen LogP contribution >= 0.6 is 0 Å². The van der Waals surface area contributed by atoms with Crippen LogP contribution in [-0.2, 0) is 4.79 Å². The van der Waals surface area contributed by atoms with Crippen LogP contribution in [0, 0.1) is 11.8 Å². The molecule has 0 aliphatic heterocycles. The fourth-order valence-electron chi connectivity index (χ4n) is 1.99. The summed E-state index contributed by atoms with van der Waals surface area (Å²) < 4.78 is 0. The third-order valence-corrected chi connectivity index (χ3v) is 2.51. The number of rotatable bonds is 2. The quantitative estimate of drug-likeness (QED) is 0.718. The molecule has 0 spiro atoms. The number of carboxylic acid groups (broad SMARTS) is 1. The molecule has 0 saturated heterocycles. The highest BCUT2D eigenvalue weighted by molar-refractivity contribution is 5.67. The van der Waals surface area contributed by atoms with E-state index < -0.39 is 5.97 Å². The van der Waals surface area contributed by atoms with Crippen LogP contribution in [0.1, 0.15) is 52.9 Å². The van der Waals surface area contributed by atoms with Gasteiger partial charge in [-0.25, -0.2) is 0 Å². The standard InChI is InChI=1S/C9H16O2.C2H6/c1-7-3-2-4-8(5-7)6-9(10)11;1-2/h7-8H,2-6H2,1H3,(H,10,11);1-2H3/t7?,8-;/m1./s1. The molecule has 13 heavy (non-hydrogen) atoms. The first-order valence-electron chi connectivity index (χ1n) is 5.40. The van der Waals surface area contributed by atoms with Gasteiger partial charge < -0.3 is 5.11 Å². The third-order valence-electron chi connectivity index (χ3n) is 2.51. The van der Waals surface area contributed by atoms with E-state index in [9.17, 15) is 4.79 Å². The van der Waals surface area contributed by atoms with E-state index in [-0.39, 0.29) is 0 Å². The average molecular weight is 186 g/mol. The molecule has 1 aliphatic carbocycles. The predicted octanol–water partition coefficient (Wildman–Crippen LogP) is 3.31. The number of carbonyl (C=O) groups is 1. The van der Waals surface area contributed by atoms with E-state index >= 15 is 0 Å². The molecule has 1 rings (SSSR count). The minimum atomic E-state index is -0.635. The first-order chi connectivity index (χ1) is 6.18. The van der Waals surface area contributed by atoms with Crippen LogP contribution in [0.15, 0.2) is 0 Å². The Morgan fingerprint density at radius 3 is 2.46 bits per heavy atom. The van der Waals surface area contributed by atoms with E-state index in [1.807, 2.05) is 13.8 Å². The normalized spacial score (nSPS) is 27.3. The summed E-state index contributed by atoms with van der Waals surface area (Å²) in [7, 11) is 0. The molecule has 0 bridgehead atoms. The molecule has 0 amide bonds. The Morgan fingerprint density at radius 2 is 2.00 bits per heavy atom. The minimum Gasteiger partial charge on any atom is -0.481 e. The predicted molar refractivity (Wildman–Crippen MR) is 54.7 cm³/mol. The molecular formula is C11H22O2. The van der Waals surface area contributed by atoms with Gasteiger partial charge >= 0.3 is 5.97 Å². The van der Waals surface area contributed by atoms with Crippen LogP contribution in [0.25, 0.3) is 0 Å². The topological polar surface area (TPSA) is 37.3 Å². The highest BCUT2D eigenvalue weighted by Gasteiger charge is 2.20. The first-order valence-corrected chi connectivity index (χ1v) is 5.40. The van der Waals surface area contributed by atoms with Gasteiger partial charge in [0.2, 0.25) is 0 Å². The van der Waals surface area contributed by atoms with Crippen molar-refractivity contribution in [2.24, 2.45) is 11.8 Å². The summed E-state index contributed by atoms with van der Waals surface area (Å²) in [4.78, 5) is 10.4. The lowest BCUT2D eigenvalue weighted by Gasteiger charge is -2.25. The van der Waals surface area contributed by atoms with Crippen molar-refractivity contribution in [1.29, 1.82) is 0 Å². The molecular weight excluding hydrogens is 164 g/mol. The average Bonchev–Trinajstić information content (AvgIpc) is 2.06. The lowest BCUT2D eigenvalue weighted by molar-refractivity contribution is -0.138. The highest BCUT2D eigenvalue weighted by Crippen LogP contribution is 2.30. The smallest absolute Gasteiger partial charge is 0.303 e. The van der Waals surface area contributed by atoms with Gasteiger partial charge in [-0.1, -0.05) is 33.6 Å². The zero-order valence-electron chi connectivity index (χ0n) is 9.05. The Hall–Kier alpha value is -0.530. The van der Waals surface area contributed by atoms with Crippen LogP contribution < -0.4 is 0 Å². The van der Waals surface area contributed by atoms with Crippen LogP contribution in [-0.4, -0.2) is 11.1 Å². The van der Waals surface area contributed by atoms with E-state index in [0.29, 0.717) is 12.3 Å².